The molecule has 0 saturated heterocycles. The zero-order valence-electron chi connectivity index (χ0n) is 25.5. The molecular formula is C36H36Cl2N2O2S2. The Bertz CT molecular complexity index is 1630. The van der Waals surface area contributed by atoms with E-state index < -0.39 is 0 Å². The van der Waals surface area contributed by atoms with Crippen LogP contribution in [-0.2, 0) is 22.7 Å². The van der Waals surface area contributed by atoms with Crippen molar-refractivity contribution >= 4 is 57.7 Å². The van der Waals surface area contributed by atoms with Crippen LogP contribution in [-0.4, -0.2) is 34.7 Å². The van der Waals surface area contributed by atoms with Crippen LogP contribution < -0.4 is 0 Å². The number of fused-ring (bicyclic) bond motifs is 2. The van der Waals surface area contributed by atoms with Gasteiger partial charge in [0.05, 0.1) is 21.8 Å². The number of amides is 2. The lowest BCUT2D eigenvalue weighted by atomic mass is 9.85. The molecule has 44 heavy (non-hydrogen) atoms. The third kappa shape index (κ3) is 6.45. The maximum absolute atomic E-state index is 12.1. The quantitative estimate of drug-likeness (QED) is 0.204. The van der Waals surface area contributed by atoms with Gasteiger partial charge >= 0.3 is 0 Å². The number of thiophene rings is 2. The molecule has 6 rings (SSSR count). The number of nitrogens with zero attached hydrogens (tertiary/aromatic N) is 2. The lowest BCUT2D eigenvalue weighted by Gasteiger charge is -2.33. The van der Waals surface area contributed by atoms with E-state index in [2.05, 4.69) is 89.4 Å². The molecule has 4 heterocycles. The Morgan fingerprint density at radius 3 is 1.45 bits per heavy atom. The highest BCUT2D eigenvalue weighted by molar-refractivity contribution is 7.16. The molecule has 2 aliphatic rings. The molecular weight excluding hydrogens is 627 g/mol. The Hall–Kier alpha value is -3.16. The van der Waals surface area contributed by atoms with E-state index in [1.165, 1.54) is 66.4 Å². The molecule has 4 aromatic rings. The number of halogens is 2. The molecule has 8 heteroatoms. The van der Waals surface area contributed by atoms with E-state index in [9.17, 15) is 9.59 Å². The van der Waals surface area contributed by atoms with Crippen LogP contribution in [0.2, 0.25) is 8.67 Å². The van der Waals surface area contributed by atoms with Gasteiger partial charge in [0.2, 0.25) is 11.8 Å². The molecule has 0 aliphatic carbocycles. The minimum Gasteiger partial charge on any atom is -0.333 e. The Kier molecular flexibility index (Phi) is 9.86. The molecule has 0 spiro atoms. The van der Waals surface area contributed by atoms with Gasteiger partial charge in [-0.3, -0.25) is 9.59 Å². The Balaban J connectivity index is 0.000000175. The highest BCUT2D eigenvalue weighted by Crippen LogP contribution is 2.42. The van der Waals surface area contributed by atoms with Gasteiger partial charge in [0.1, 0.15) is 0 Å². The summed E-state index contributed by atoms with van der Waals surface area (Å²) in [5.41, 5.74) is 10.2. The summed E-state index contributed by atoms with van der Waals surface area (Å²) < 4.78 is 1.57. The van der Waals surface area contributed by atoms with Gasteiger partial charge in [0.15, 0.2) is 0 Å². The van der Waals surface area contributed by atoms with Crippen molar-refractivity contribution in [2.45, 2.75) is 52.6 Å². The second kappa shape index (κ2) is 13.5. The summed E-state index contributed by atoms with van der Waals surface area (Å²) in [4.78, 5) is 30.3. The monoisotopic (exact) mass is 662 g/mol. The Morgan fingerprint density at radius 2 is 1.09 bits per heavy atom. The highest BCUT2D eigenvalue weighted by Gasteiger charge is 2.32. The average molecular weight is 664 g/mol. The zero-order valence-corrected chi connectivity index (χ0v) is 28.6. The topological polar surface area (TPSA) is 40.6 Å². The summed E-state index contributed by atoms with van der Waals surface area (Å²) in [6, 6.07) is 16.8. The molecule has 228 valence electrons. The average Bonchev–Trinajstić information content (AvgIpc) is 3.59. The zero-order chi connectivity index (χ0) is 31.7. The first-order valence-electron chi connectivity index (χ1n) is 14.5. The molecule has 2 aromatic carbocycles. The van der Waals surface area contributed by atoms with Gasteiger partial charge in [0, 0.05) is 34.7 Å². The van der Waals surface area contributed by atoms with Crippen LogP contribution in [0.3, 0.4) is 0 Å². The van der Waals surface area contributed by atoms with E-state index in [4.69, 9.17) is 23.2 Å². The minimum atomic E-state index is -0.0227. The predicted octanol–water partition coefficient (Wildman–Crippen LogP) is 9.36. The second-order valence-corrected chi connectivity index (χ2v) is 14.9. The van der Waals surface area contributed by atoms with Gasteiger partial charge in [0.25, 0.3) is 0 Å². The minimum absolute atomic E-state index is 0.0227. The molecule has 0 fully saturated rings. The lowest BCUT2D eigenvalue weighted by molar-refractivity contribution is -0.127. The third-order valence-electron chi connectivity index (χ3n) is 8.87. The van der Waals surface area contributed by atoms with Crippen molar-refractivity contribution in [2.24, 2.45) is 0 Å². The number of rotatable bonds is 4. The third-order valence-corrected chi connectivity index (χ3v) is 11.4. The smallest absolute Gasteiger partial charge is 0.246 e. The van der Waals surface area contributed by atoms with Crippen LogP contribution in [0.1, 0.15) is 66.1 Å². The molecule has 0 N–H and O–H groups in total. The van der Waals surface area contributed by atoms with Gasteiger partial charge < -0.3 is 9.80 Å². The fraction of sp³-hybridized carbons (Fsp3) is 0.278. The van der Waals surface area contributed by atoms with Crippen LogP contribution in [0.4, 0.5) is 0 Å². The lowest BCUT2D eigenvalue weighted by Crippen LogP contribution is -2.37. The number of carbonyl (C=O) groups is 2. The molecule has 2 aliphatic heterocycles. The maximum Gasteiger partial charge on any atom is 0.246 e. The standard InChI is InChI=1S/2C18H18ClNOS/c2*1-4-18(21)20-9-15(13-7-5-6-11(2)12(13)3)14-8-17(19)22-16(14)10-20/h2*4-8,15H,1,9-10H2,2-3H3/t2*15-/m10/s1. The molecule has 0 radical (unpaired) electrons. The van der Waals surface area contributed by atoms with E-state index in [0.29, 0.717) is 26.2 Å². The highest BCUT2D eigenvalue weighted by atomic mass is 35.5. The van der Waals surface area contributed by atoms with Crippen LogP contribution in [0.25, 0.3) is 0 Å². The van der Waals surface area contributed by atoms with Crippen molar-refractivity contribution in [1.29, 1.82) is 0 Å². The number of aryl methyl sites for hydroxylation is 2. The van der Waals surface area contributed by atoms with E-state index in [-0.39, 0.29) is 23.7 Å². The van der Waals surface area contributed by atoms with Crippen molar-refractivity contribution in [3.63, 3.8) is 0 Å². The largest absolute Gasteiger partial charge is 0.333 e. The van der Waals surface area contributed by atoms with Crippen molar-refractivity contribution in [2.75, 3.05) is 13.1 Å². The van der Waals surface area contributed by atoms with Crippen LogP contribution in [0, 0.1) is 27.7 Å². The molecule has 2 atom stereocenters. The molecule has 0 saturated carbocycles. The molecule has 2 aromatic heterocycles. The summed E-state index contributed by atoms with van der Waals surface area (Å²) in [5.74, 6) is 0.309. The summed E-state index contributed by atoms with van der Waals surface area (Å²) in [5, 5.41) is 0. The van der Waals surface area contributed by atoms with Crippen molar-refractivity contribution < 1.29 is 9.59 Å². The van der Waals surface area contributed by atoms with Crippen LogP contribution >= 0.6 is 45.9 Å². The second-order valence-electron chi connectivity index (χ2n) is 11.4. The fourth-order valence-corrected chi connectivity index (χ4v) is 8.91. The predicted molar refractivity (Wildman–Crippen MR) is 185 cm³/mol. The van der Waals surface area contributed by atoms with E-state index in [0.717, 1.165) is 8.67 Å². The summed E-state index contributed by atoms with van der Waals surface area (Å²) in [6.45, 7) is 18.4. The van der Waals surface area contributed by atoms with Gasteiger partial charge in [-0.15, -0.1) is 22.7 Å². The van der Waals surface area contributed by atoms with Gasteiger partial charge in [-0.2, -0.15) is 0 Å². The van der Waals surface area contributed by atoms with Crippen LogP contribution in [0.15, 0.2) is 73.8 Å². The number of carbonyl (C=O) groups excluding carboxylic acids is 2. The Labute approximate surface area is 278 Å². The van der Waals surface area contributed by atoms with Crippen molar-refractivity contribution in [3.05, 3.63) is 137 Å². The first kappa shape index (κ1) is 32.2. The SMILES string of the molecule is C=CC(=O)N1Cc2sc(Cl)cc2[C@@H](c2cccc(C)c2C)C1.C=CC(=O)N1Cc2sc(Cl)cc2[C@H](c2cccc(C)c2C)C1. The number of benzene rings is 2. The fourth-order valence-electron chi connectivity index (χ4n) is 6.20. The maximum atomic E-state index is 12.1. The first-order chi connectivity index (χ1) is 21.0. The molecule has 0 bridgehead atoms. The number of hydrogen-bond donors (Lipinski definition) is 0. The van der Waals surface area contributed by atoms with Crippen LogP contribution in [0.5, 0.6) is 0 Å². The van der Waals surface area contributed by atoms with Crippen molar-refractivity contribution in [1.82, 2.24) is 9.80 Å². The first-order valence-corrected chi connectivity index (χ1v) is 16.9. The van der Waals surface area contributed by atoms with E-state index in [1.54, 1.807) is 22.7 Å². The van der Waals surface area contributed by atoms with Gasteiger partial charge in [-0.05, 0) is 96.5 Å². The summed E-state index contributed by atoms with van der Waals surface area (Å²) >= 11 is 15.6. The summed E-state index contributed by atoms with van der Waals surface area (Å²) in [6.07, 6.45) is 2.78. The summed E-state index contributed by atoms with van der Waals surface area (Å²) in [7, 11) is 0. The molecule has 2 amide bonds. The molecule has 0 unspecified atom stereocenters. The van der Waals surface area contributed by atoms with Gasteiger partial charge in [-0.1, -0.05) is 72.8 Å². The van der Waals surface area contributed by atoms with E-state index >= 15 is 0 Å². The van der Waals surface area contributed by atoms with E-state index in [1.807, 2.05) is 9.80 Å². The van der Waals surface area contributed by atoms with Crippen molar-refractivity contribution in [3.8, 4) is 0 Å². The number of hydrogen-bond acceptors (Lipinski definition) is 4. The Morgan fingerprint density at radius 1 is 0.705 bits per heavy atom. The molecule has 4 nitrogen and oxygen atoms in total. The normalized spacial score (nSPS) is 17.2. The van der Waals surface area contributed by atoms with Gasteiger partial charge in [-0.25, -0.2) is 0 Å².